The zero-order valence-corrected chi connectivity index (χ0v) is 28.3. The largest absolute Gasteiger partial charge is 0.394 e. The van der Waals surface area contributed by atoms with E-state index >= 15 is 0 Å². The van der Waals surface area contributed by atoms with E-state index in [9.17, 15) is 24.9 Å². The third-order valence-electron chi connectivity index (χ3n) is 8.45. The molecule has 7 heteroatoms. The Labute approximate surface area is 255 Å². The van der Waals surface area contributed by atoms with Crippen LogP contribution in [0.5, 0.6) is 0 Å². The Morgan fingerprint density at radius 3 is 2.05 bits per heavy atom. The van der Waals surface area contributed by atoms with Gasteiger partial charge in [0, 0.05) is 16.6 Å². The van der Waals surface area contributed by atoms with Crippen LogP contribution in [0.3, 0.4) is 0 Å². The Kier molecular flexibility index (Phi) is 14.9. The van der Waals surface area contributed by atoms with Gasteiger partial charge in [-0.15, -0.1) is 0 Å². The molecule has 0 heterocycles. The van der Waals surface area contributed by atoms with E-state index in [1.54, 1.807) is 6.92 Å². The second kappa shape index (κ2) is 16.6. The summed E-state index contributed by atoms with van der Waals surface area (Å²) < 4.78 is 0. The molecule has 42 heavy (non-hydrogen) atoms. The van der Waals surface area contributed by atoms with E-state index in [0.29, 0.717) is 36.3 Å². The van der Waals surface area contributed by atoms with Gasteiger partial charge in [-0.05, 0) is 55.8 Å². The third kappa shape index (κ3) is 9.65. The van der Waals surface area contributed by atoms with Gasteiger partial charge in [-0.25, -0.2) is 0 Å². The molecule has 0 saturated heterocycles. The van der Waals surface area contributed by atoms with Crippen LogP contribution < -0.4 is 5.32 Å². The summed E-state index contributed by atoms with van der Waals surface area (Å²) in [6.07, 6.45) is 10.7. The molecule has 240 valence electrons. The molecule has 0 spiro atoms. The molecular weight excluding hydrogens is 528 g/mol. The second-order valence-corrected chi connectivity index (χ2v) is 14.0. The van der Waals surface area contributed by atoms with E-state index in [2.05, 4.69) is 66.8 Å². The van der Waals surface area contributed by atoms with Crippen LogP contribution in [0.4, 0.5) is 0 Å². The zero-order valence-electron chi connectivity index (χ0n) is 28.3. The molecule has 0 bridgehead atoms. The molecule has 0 aromatic carbocycles. The van der Waals surface area contributed by atoms with Gasteiger partial charge >= 0.3 is 0 Å². The Balaban J connectivity index is 3.55. The number of nitrogens with one attached hydrogen (secondary N) is 1. The van der Waals surface area contributed by atoms with Gasteiger partial charge in [0.15, 0.2) is 0 Å². The minimum absolute atomic E-state index is 0.0211. The summed E-state index contributed by atoms with van der Waals surface area (Å²) in [4.78, 5) is 28.2. The van der Waals surface area contributed by atoms with E-state index in [1.165, 1.54) is 4.90 Å². The number of hydrogen-bond acceptors (Lipinski definition) is 5. The number of aliphatic hydroxyl groups excluding tert-OH is 3. The highest BCUT2D eigenvalue weighted by Crippen LogP contribution is 2.54. The monoisotopic (exact) mass is 588 g/mol. The highest BCUT2D eigenvalue weighted by Gasteiger charge is 2.46. The molecule has 4 unspecified atom stereocenters. The van der Waals surface area contributed by atoms with Gasteiger partial charge in [-0.3, -0.25) is 9.59 Å². The minimum Gasteiger partial charge on any atom is -0.394 e. The summed E-state index contributed by atoms with van der Waals surface area (Å²) in [6.45, 7) is 22.2. The van der Waals surface area contributed by atoms with Crippen molar-refractivity contribution in [2.45, 2.75) is 114 Å². The van der Waals surface area contributed by atoms with Crippen molar-refractivity contribution < 1.29 is 24.9 Å². The lowest BCUT2D eigenvalue weighted by molar-refractivity contribution is -0.135. The summed E-state index contributed by atoms with van der Waals surface area (Å²) in [5, 5.41) is 32.8. The summed E-state index contributed by atoms with van der Waals surface area (Å²) in [5.41, 5.74) is 2.81. The lowest BCUT2D eigenvalue weighted by atomic mass is 9.55. The van der Waals surface area contributed by atoms with Gasteiger partial charge in [0.1, 0.15) is 6.73 Å². The molecule has 0 aromatic rings. The Bertz CT molecular complexity index is 1030. The summed E-state index contributed by atoms with van der Waals surface area (Å²) >= 11 is 0. The molecule has 0 aromatic heterocycles. The molecule has 1 rings (SSSR count). The van der Waals surface area contributed by atoms with E-state index in [4.69, 9.17) is 0 Å². The van der Waals surface area contributed by atoms with Gasteiger partial charge in [-0.2, -0.15) is 0 Å². The van der Waals surface area contributed by atoms with Crippen molar-refractivity contribution in [3.63, 3.8) is 0 Å². The van der Waals surface area contributed by atoms with E-state index in [1.807, 2.05) is 32.1 Å². The predicted molar refractivity (Wildman–Crippen MR) is 172 cm³/mol. The molecule has 4 atom stereocenters. The van der Waals surface area contributed by atoms with Crippen LogP contribution in [-0.2, 0) is 9.59 Å². The second-order valence-electron chi connectivity index (χ2n) is 14.0. The number of aliphatic hydroxyl groups is 3. The molecular formula is C35H60N2O5. The molecule has 1 aliphatic rings. The van der Waals surface area contributed by atoms with E-state index < -0.39 is 18.2 Å². The number of carbonyl (C=O) groups is 2. The number of nitrogens with zero attached hydrogens (tertiary/aromatic N) is 1. The molecule has 0 radical (unpaired) electrons. The van der Waals surface area contributed by atoms with Crippen LogP contribution in [0, 0.1) is 28.6 Å². The van der Waals surface area contributed by atoms with Crippen LogP contribution in [-0.4, -0.2) is 64.1 Å². The summed E-state index contributed by atoms with van der Waals surface area (Å²) in [5.74, 6) is 0.196. The number of amides is 2. The molecule has 0 fully saturated rings. The van der Waals surface area contributed by atoms with Crippen LogP contribution >= 0.6 is 0 Å². The Morgan fingerprint density at radius 1 is 1.02 bits per heavy atom. The van der Waals surface area contributed by atoms with Crippen molar-refractivity contribution in [3.8, 4) is 0 Å². The number of carbonyl (C=O) groups excluding carboxylic acids is 2. The predicted octanol–water partition coefficient (Wildman–Crippen LogP) is 5.92. The highest BCUT2D eigenvalue weighted by molar-refractivity contribution is 5.98. The quantitative estimate of drug-likeness (QED) is 0.108. The standard InChI is InChI=1S/C35H60N2O5/c1-12-26(15-14-25(7)33(42)37(22-40)28(21-39)19-24(5)6)35(11)17-16-30(29(13-2)31(35)34(8,9)10)32(41)36-27(20-38)18-23(3)4/h14-17,23-24,27-28,31,38-40H,12-13,18-22H2,1-11H3,(H,36,41)/b25-14+,26-15+. The van der Waals surface area contributed by atoms with Crippen molar-refractivity contribution in [3.05, 3.63) is 46.6 Å². The highest BCUT2D eigenvalue weighted by atomic mass is 16.3. The first-order valence-corrected chi connectivity index (χ1v) is 15.8. The Morgan fingerprint density at radius 2 is 1.62 bits per heavy atom. The molecule has 4 N–H and O–H groups in total. The Hall–Kier alpha value is -2.22. The summed E-state index contributed by atoms with van der Waals surface area (Å²) in [7, 11) is 0. The van der Waals surface area contributed by atoms with Gasteiger partial charge < -0.3 is 25.5 Å². The zero-order chi connectivity index (χ0) is 32.4. The topological polar surface area (TPSA) is 110 Å². The molecule has 0 saturated carbocycles. The first-order chi connectivity index (χ1) is 19.5. The van der Waals surface area contributed by atoms with Crippen molar-refractivity contribution in [1.82, 2.24) is 10.2 Å². The minimum atomic E-state index is -0.456. The van der Waals surface area contributed by atoms with Gasteiger partial charge in [0.2, 0.25) is 0 Å². The molecule has 0 aliphatic heterocycles. The fraction of sp³-hybridized carbons (Fsp3) is 0.714. The van der Waals surface area contributed by atoms with Gasteiger partial charge in [0.25, 0.3) is 11.8 Å². The maximum Gasteiger partial charge on any atom is 0.251 e. The van der Waals surface area contributed by atoms with Crippen LogP contribution in [0.1, 0.15) is 102 Å². The maximum absolute atomic E-state index is 13.5. The van der Waals surface area contributed by atoms with Gasteiger partial charge in [-0.1, -0.05) is 105 Å². The van der Waals surface area contributed by atoms with Crippen LogP contribution in [0.2, 0.25) is 0 Å². The van der Waals surface area contributed by atoms with Crippen molar-refractivity contribution in [2.24, 2.45) is 28.6 Å². The summed E-state index contributed by atoms with van der Waals surface area (Å²) in [6, 6.07) is -0.739. The fourth-order valence-corrected chi connectivity index (χ4v) is 6.71. The average Bonchev–Trinajstić information content (AvgIpc) is 2.90. The molecule has 2 amide bonds. The van der Waals surface area contributed by atoms with Gasteiger partial charge in [0.05, 0.1) is 25.3 Å². The van der Waals surface area contributed by atoms with Crippen LogP contribution in [0.25, 0.3) is 0 Å². The lowest BCUT2D eigenvalue weighted by Crippen LogP contribution is -2.44. The normalized spacial score (nSPS) is 21.7. The van der Waals surface area contributed by atoms with E-state index in [-0.39, 0.29) is 48.3 Å². The molecule has 7 nitrogen and oxygen atoms in total. The smallest absolute Gasteiger partial charge is 0.251 e. The SMILES string of the molecule is CCC1=C(C(=O)NC(CO)CC(C)C)C=CC(C)(/C(=C/C=C(\C)C(=O)N(CO)C(CO)CC(C)C)CC)C1C(C)(C)C. The van der Waals surface area contributed by atoms with Crippen LogP contribution in [0.15, 0.2) is 46.6 Å². The number of hydrogen-bond donors (Lipinski definition) is 4. The number of allylic oxidation sites excluding steroid dienone is 5. The first kappa shape index (κ1) is 37.8. The van der Waals surface area contributed by atoms with Crippen molar-refractivity contribution >= 4 is 11.8 Å². The fourth-order valence-electron chi connectivity index (χ4n) is 6.71. The lowest BCUT2D eigenvalue weighted by Gasteiger charge is -2.48. The number of rotatable bonds is 15. The van der Waals surface area contributed by atoms with E-state index in [0.717, 1.165) is 17.6 Å². The molecule has 1 aliphatic carbocycles. The van der Waals surface area contributed by atoms with Crippen molar-refractivity contribution in [2.75, 3.05) is 19.9 Å². The maximum atomic E-state index is 13.5. The third-order valence-corrected chi connectivity index (χ3v) is 8.45. The van der Waals surface area contributed by atoms with Crippen molar-refractivity contribution in [1.29, 1.82) is 0 Å². The first-order valence-electron chi connectivity index (χ1n) is 15.8. The average molecular weight is 589 g/mol.